The van der Waals surface area contributed by atoms with Crippen LogP contribution < -0.4 is 10.6 Å². The predicted molar refractivity (Wildman–Crippen MR) is 130 cm³/mol. The Morgan fingerprint density at radius 2 is 1.88 bits per heavy atom. The van der Waals surface area contributed by atoms with Gasteiger partial charge in [-0.15, -0.1) is 21.5 Å². The van der Waals surface area contributed by atoms with Crippen molar-refractivity contribution in [3.63, 3.8) is 0 Å². The van der Waals surface area contributed by atoms with E-state index >= 15 is 0 Å². The summed E-state index contributed by atoms with van der Waals surface area (Å²) in [6.07, 6.45) is 1.61. The van der Waals surface area contributed by atoms with E-state index in [9.17, 15) is 14.0 Å². The Morgan fingerprint density at radius 1 is 1.09 bits per heavy atom. The molecule has 2 heterocycles. The van der Waals surface area contributed by atoms with Crippen molar-refractivity contribution in [2.24, 2.45) is 0 Å². The number of benzene rings is 2. The average molecular weight is 497 g/mol. The number of nitrogens with one attached hydrogen (secondary N) is 2. The Morgan fingerprint density at radius 3 is 2.59 bits per heavy atom. The Kier molecular flexibility index (Phi) is 7.33. The smallest absolute Gasteiger partial charge is 0.251 e. The topological polar surface area (TPSA) is 102 Å². The van der Waals surface area contributed by atoms with E-state index in [1.807, 2.05) is 26.0 Å². The standard InChI is InChI=1S/C23H21FN6O2S2/c1-14-3-4-16(11-15(14)2)21(32)26-12-19-28-29-23(30(19)18-7-5-17(24)6-8-18)34-13-20(31)27-22-25-9-10-33-22/h3-11H,12-13H2,1-2H3,(H,26,32)(H,25,27,31). The molecule has 34 heavy (non-hydrogen) atoms. The monoisotopic (exact) mass is 496 g/mol. The zero-order chi connectivity index (χ0) is 24.1. The molecule has 0 radical (unpaired) electrons. The summed E-state index contributed by atoms with van der Waals surface area (Å²) in [5.74, 6) is -0.328. The van der Waals surface area contributed by atoms with Crippen LogP contribution in [-0.4, -0.2) is 37.3 Å². The number of hydrogen-bond acceptors (Lipinski definition) is 7. The number of aryl methyl sites for hydroxylation is 2. The fraction of sp³-hybridized carbons (Fsp3) is 0.174. The van der Waals surface area contributed by atoms with Crippen LogP contribution in [0.3, 0.4) is 0 Å². The first-order valence-corrected chi connectivity index (χ1v) is 12.1. The van der Waals surface area contributed by atoms with Gasteiger partial charge in [-0.3, -0.25) is 14.2 Å². The second-order valence-corrected chi connectivity index (χ2v) is 9.20. The minimum atomic E-state index is -0.376. The van der Waals surface area contributed by atoms with Gasteiger partial charge in [0, 0.05) is 22.8 Å². The second-order valence-electron chi connectivity index (χ2n) is 7.37. The summed E-state index contributed by atoms with van der Waals surface area (Å²) in [4.78, 5) is 29.0. The van der Waals surface area contributed by atoms with E-state index in [0.717, 1.165) is 11.1 Å². The molecular formula is C23H21FN6O2S2. The zero-order valence-electron chi connectivity index (χ0n) is 18.4. The van der Waals surface area contributed by atoms with Gasteiger partial charge >= 0.3 is 0 Å². The lowest BCUT2D eigenvalue weighted by molar-refractivity contribution is -0.113. The van der Waals surface area contributed by atoms with Crippen molar-refractivity contribution in [1.29, 1.82) is 0 Å². The van der Waals surface area contributed by atoms with Crippen molar-refractivity contribution in [2.45, 2.75) is 25.5 Å². The minimum Gasteiger partial charge on any atom is -0.345 e. The van der Waals surface area contributed by atoms with Crippen LogP contribution in [0.25, 0.3) is 5.69 Å². The molecule has 8 nitrogen and oxygen atoms in total. The number of hydrogen-bond donors (Lipinski definition) is 2. The molecule has 0 fully saturated rings. The summed E-state index contributed by atoms with van der Waals surface area (Å²) in [6, 6.07) is 11.3. The lowest BCUT2D eigenvalue weighted by atomic mass is 10.1. The molecule has 0 saturated carbocycles. The van der Waals surface area contributed by atoms with Crippen molar-refractivity contribution < 1.29 is 14.0 Å². The third kappa shape index (κ3) is 5.67. The van der Waals surface area contributed by atoms with E-state index in [1.54, 1.807) is 34.3 Å². The molecule has 11 heteroatoms. The molecule has 2 amide bonds. The molecule has 2 aromatic carbocycles. The summed E-state index contributed by atoms with van der Waals surface area (Å²) < 4.78 is 15.2. The SMILES string of the molecule is Cc1ccc(C(=O)NCc2nnc(SCC(=O)Nc3nccs3)n2-c2ccc(F)cc2)cc1C. The van der Waals surface area contributed by atoms with Crippen LogP contribution in [0.2, 0.25) is 0 Å². The fourth-order valence-electron chi connectivity index (χ4n) is 3.07. The van der Waals surface area contributed by atoms with Crippen LogP contribution in [0.1, 0.15) is 27.3 Å². The highest BCUT2D eigenvalue weighted by Crippen LogP contribution is 2.23. The summed E-state index contributed by atoms with van der Waals surface area (Å²) in [5, 5.41) is 16.7. The maximum absolute atomic E-state index is 13.5. The Hall–Kier alpha value is -3.57. The van der Waals surface area contributed by atoms with E-state index in [1.165, 1.54) is 35.2 Å². The van der Waals surface area contributed by atoms with Gasteiger partial charge in [-0.1, -0.05) is 17.8 Å². The van der Waals surface area contributed by atoms with Gasteiger partial charge in [0.2, 0.25) is 5.91 Å². The molecule has 0 aliphatic heterocycles. The lowest BCUT2D eigenvalue weighted by Crippen LogP contribution is -2.24. The van der Waals surface area contributed by atoms with Crippen LogP contribution in [0, 0.1) is 19.7 Å². The Labute approximate surface area is 203 Å². The number of aromatic nitrogens is 4. The van der Waals surface area contributed by atoms with Gasteiger partial charge in [-0.25, -0.2) is 9.37 Å². The maximum Gasteiger partial charge on any atom is 0.251 e. The van der Waals surface area contributed by atoms with E-state index in [2.05, 4.69) is 25.8 Å². The lowest BCUT2D eigenvalue weighted by Gasteiger charge is -2.11. The highest BCUT2D eigenvalue weighted by Gasteiger charge is 2.17. The molecule has 0 atom stereocenters. The van der Waals surface area contributed by atoms with E-state index in [-0.39, 0.29) is 29.9 Å². The second kappa shape index (κ2) is 10.6. The first-order chi connectivity index (χ1) is 16.4. The number of carbonyl (C=O) groups excluding carboxylic acids is 2. The molecule has 4 aromatic rings. The van der Waals surface area contributed by atoms with Gasteiger partial charge in [0.15, 0.2) is 16.1 Å². The molecule has 0 spiro atoms. The van der Waals surface area contributed by atoms with Crippen molar-refractivity contribution in [2.75, 3.05) is 11.1 Å². The minimum absolute atomic E-state index is 0.0773. The van der Waals surface area contributed by atoms with Gasteiger partial charge in [-0.05, 0) is 61.4 Å². The molecule has 174 valence electrons. The highest BCUT2D eigenvalue weighted by atomic mass is 32.2. The fourth-order valence-corrected chi connectivity index (χ4v) is 4.39. The van der Waals surface area contributed by atoms with E-state index < -0.39 is 0 Å². The molecule has 2 N–H and O–H groups in total. The van der Waals surface area contributed by atoms with Crippen molar-refractivity contribution in [3.8, 4) is 5.69 Å². The third-order valence-electron chi connectivity index (χ3n) is 4.97. The summed E-state index contributed by atoms with van der Waals surface area (Å²) >= 11 is 2.50. The molecule has 0 aliphatic rings. The number of thiazole rings is 1. The average Bonchev–Trinajstić information content (AvgIpc) is 3.48. The van der Waals surface area contributed by atoms with E-state index in [0.29, 0.717) is 27.4 Å². The van der Waals surface area contributed by atoms with Gasteiger partial charge < -0.3 is 10.6 Å². The largest absolute Gasteiger partial charge is 0.345 e. The molecular weight excluding hydrogens is 475 g/mol. The Bertz CT molecular complexity index is 1310. The number of thioether (sulfide) groups is 1. The number of carbonyl (C=O) groups is 2. The van der Waals surface area contributed by atoms with E-state index in [4.69, 9.17) is 0 Å². The molecule has 2 aromatic heterocycles. The van der Waals surface area contributed by atoms with Crippen LogP contribution in [0.15, 0.2) is 59.2 Å². The molecule has 0 saturated heterocycles. The van der Waals surface area contributed by atoms with Gasteiger partial charge in [0.25, 0.3) is 5.91 Å². The van der Waals surface area contributed by atoms with Gasteiger partial charge in [-0.2, -0.15) is 0 Å². The predicted octanol–water partition coefficient (Wildman–Crippen LogP) is 4.14. The van der Waals surface area contributed by atoms with Crippen LogP contribution in [0.4, 0.5) is 9.52 Å². The summed E-state index contributed by atoms with van der Waals surface area (Å²) in [6.45, 7) is 4.03. The summed E-state index contributed by atoms with van der Waals surface area (Å²) in [5.41, 5.74) is 3.29. The first-order valence-electron chi connectivity index (χ1n) is 10.3. The number of halogens is 1. The molecule has 4 rings (SSSR count). The molecule has 0 aliphatic carbocycles. The normalized spacial score (nSPS) is 10.8. The number of rotatable bonds is 8. The zero-order valence-corrected chi connectivity index (χ0v) is 20.0. The van der Waals surface area contributed by atoms with Crippen LogP contribution >= 0.6 is 23.1 Å². The van der Waals surface area contributed by atoms with Crippen LogP contribution in [0.5, 0.6) is 0 Å². The van der Waals surface area contributed by atoms with Crippen molar-refractivity contribution >= 4 is 40.0 Å². The summed E-state index contributed by atoms with van der Waals surface area (Å²) in [7, 11) is 0. The van der Waals surface area contributed by atoms with Crippen molar-refractivity contribution in [3.05, 3.63) is 82.4 Å². The Balaban J connectivity index is 1.51. The highest BCUT2D eigenvalue weighted by molar-refractivity contribution is 7.99. The number of nitrogens with zero attached hydrogens (tertiary/aromatic N) is 4. The third-order valence-corrected chi connectivity index (χ3v) is 6.59. The molecule has 0 unspecified atom stereocenters. The van der Waals surface area contributed by atoms with Crippen LogP contribution in [-0.2, 0) is 11.3 Å². The first kappa shape index (κ1) is 23.6. The number of amides is 2. The van der Waals surface area contributed by atoms with Gasteiger partial charge in [0.05, 0.1) is 12.3 Å². The molecule has 0 bridgehead atoms. The number of anilines is 1. The quantitative estimate of drug-likeness (QED) is 0.356. The maximum atomic E-state index is 13.5. The van der Waals surface area contributed by atoms with Crippen molar-refractivity contribution in [1.82, 2.24) is 25.1 Å². The van der Waals surface area contributed by atoms with Gasteiger partial charge in [0.1, 0.15) is 5.82 Å².